The summed E-state index contributed by atoms with van der Waals surface area (Å²) in [4.78, 5) is 32.6. The fraction of sp³-hybridized carbons (Fsp3) is 0.700. The molecule has 4 N–H and O–H groups in total. The molecule has 0 aliphatic rings. The van der Waals surface area contributed by atoms with Gasteiger partial charge in [0.05, 0.1) is 11.8 Å². The Kier molecular flexibility index (Phi) is 8.05. The first-order valence-electron chi connectivity index (χ1n) is 5.08. The zero-order chi connectivity index (χ0) is 12.6. The molecule has 0 heterocycles. The maximum absolute atomic E-state index is 11.6. The normalized spacial score (nSPS) is 14.2. The maximum atomic E-state index is 11.6. The molecular weight excluding hydrogens is 228 g/mol. The zero-order valence-corrected chi connectivity index (χ0v) is 10.2. The number of Topliss-reactive ketones (excluding diaryl/α,β-unsaturated/α-hetero) is 1. The van der Waals surface area contributed by atoms with Gasteiger partial charge in [-0.25, -0.2) is 0 Å². The van der Waals surface area contributed by atoms with Crippen molar-refractivity contribution in [2.24, 2.45) is 17.4 Å². The third-order valence-corrected chi connectivity index (χ3v) is 3.02. The van der Waals surface area contributed by atoms with Crippen molar-refractivity contribution in [1.29, 1.82) is 0 Å². The third-order valence-electron chi connectivity index (χ3n) is 2.18. The van der Waals surface area contributed by atoms with Gasteiger partial charge in [0, 0.05) is 19.4 Å². The first-order valence-corrected chi connectivity index (χ1v) is 6.06. The molecule has 0 aromatic carbocycles. The second kappa shape index (κ2) is 8.43. The summed E-state index contributed by atoms with van der Waals surface area (Å²) in [6, 6.07) is -0.540. The van der Waals surface area contributed by atoms with Crippen LogP contribution in [0.3, 0.4) is 0 Å². The monoisotopic (exact) mass is 246 g/mol. The molecule has 0 radical (unpaired) electrons. The van der Waals surface area contributed by atoms with E-state index in [-0.39, 0.29) is 29.1 Å². The van der Waals surface area contributed by atoms with Crippen molar-refractivity contribution in [3.05, 3.63) is 0 Å². The van der Waals surface area contributed by atoms with Crippen LogP contribution in [0.4, 0.5) is 0 Å². The van der Waals surface area contributed by atoms with Crippen LogP contribution in [0.1, 0.15) is 19.8 Å². The van der Waals surface area contributed by atoms with Crippen molar-refractivity contribution in [3.63, 3.8) is 0 Å². The fourth-order valence-corrected chi connectivity index (χ4v) is 1.74. The lowest BCUT2D eigenvalue weighted by Gasteiger charge is -2.13. The molecule has 0 rings (SSSR count). The van der Waals surface area contributed by atoms with Crippen LogP contribution in [0.5, 0.6) is 0 Å². The van der Waals surface area contributed by atoms with E-state index < -0.39 is 6.04 Å². The Balaban J connectivity index is 4.01. The zero-order valence-electron chi connectivity index (χ0n) is 9.35. The Labute approximate surface area is 99.3 Å². The molecule has 0 bridgehead atoms. The number of aldehydes is 1. The number of hydrogen-bond donors (Lipinski definition) is 2. The van der Waals surface area contributed by atoms with E-state index in [1.165, 1.54) is 6.92 Å². The van der Waals surface area contributed by atoms with Crippen LogP contribution in [-0.2, 0) is 14.4 Å². The summed E-state index contributed by atoms with van der Waals surface area (Å²) < 4.78 is 0. The van der Waals surface area contributed by atoms with E-state index >= 15 is 0 Å². The molecule has 92 valence electrons. The minimum atomic E-state index is -0.540. The van der Waals surface area contributed by atoms with Crippen LogP contribution < -0.4 is 11.5 Å². The number of thioether (sulfide) groups is 1. The molecule has 0 fully saturated rings. The van der Waals surface area contributed by atoms with Crippen molar-refractivity contribution in [2.45, 2.75) is 25.8 Å². The van der Waals surface area contributed by atoms with E-state index in [4.69, 9.17) is 11.5 Å². The lowest BCUT2D eigenvalue weighted by Crippen LogP contribution is -2.29. The number of nitrogens with two attached hydrogens (primary N) is 2. The highest BCUT2D eigenvalue weighted by Gasteiger charge is 2.18. The first kappa shape index (κ1) is 15.3. The summed E-state index contributed by atoms with van der Waals surface area (Å²) in [7, 11) is 0. The smallest absolute Gasteiger partial charge is 0.186 e. The highest BCUT2D eigenvalue weighted by atomic mass is 32.2. The van der Waals surface area contributed by atoms with Crippen molar-refractivity contribution in [1.82, 2.24) is 0 Å². The Hall–Kier alpha value is -0.720. The van der Waals surface area contributed by atoms with Crippen molar-refractivity contribution in [3.8, 4) is 0 Å². The predicted octanol–water partition coefficient (Wildman–Crippen LogP) is -0.283. The lowest BCUT2D eigenvalue weighted by molar-refractivity contribution is -0.120. The Morgan fingerprint density at radius 2 is 2.00 bits per heavy atom. The predicted molar refractivity (Wildman–Crippen MR) is 64.0 cm³/mol. The van der Waals surface area contributed by atoms with Crippen LogP contribution in [-0.4, -0.2) is 35.5 Å². The van der Waals surface area contributed by atoms with Crippen LogP contribution >= 0.6 is 11.8 Å². The summed E-state index contributed by atoms with van der Waals surface area (Å²) in [6.07, 6.45) is 1.60. The van der Waals surface area contributed by atoms with Crippen LogP contribution in [0.15, 0.2) is 0 Å². The van der Waals surface area contributed by atoms with E-state index in [9.17, 15) is 14.4 Å². The molecule has 0 aliphatic heterocycles. The average molecular weight is 246 g/mol. The number of carbonyl (C=O) groups is 3. The van der Waals surface area contributed by atoms with Gasteiger partial charge in [-0.15, -0.1) is 0 Å². The Morgan fingerprint density at radius 1 is 1.38 bits per heavy atom. The molecule has 5 nitrogen and oxygen atoms in total. The summed E-state index contributed by atoms with van der Waals surface area (Å²) in [5.41, 5.74) is 10.9. The van der Waals surface area contributed by atoms with E-state index in [2.05, 4.69) is 0 Å². The summed E-state index contributed by atoms with van der Waals surface area (Å²) >= 11 is 0.978. The minimum absolute atomic E-state index is 0.0548. The van der Waals surface area contributed by atoms with E-state index in [0.717, 1.165) is 11.8 Å². The molecule has 2 atom stereocenters. The lowest BCUT2D eigenvalue weighted by atomic mass is 9.97. The first-order chi connectivity index (χ1) is 7.51. The SMILES string of the molecule is CC(=O)SCC(=O)C(CN)CC[C@H](N)C=O. The number of ketones is 1. The molecule has 16 heavy (non-hydrogen) atoms. The summed E-state index contributed by atoms with van der Waals surface area (Å²) in [5.74, 6) is -0.216. The van der Waals surface area contributed by atoms with Crippen molar-refractivity contribution >= 4 is 28.9 Å². The third kappa shape index (κ3) is 6.71. The molecule has 6 heteroatoms. The molecule has 1 unspecified atom stereocenters. The summed E-state index contributed by atoms with van der Waals surface area (Å²) in [6.45, 7) is 1.64. The van der Waals surface area contributed by atoms with E-state index in [0.29, 0.717) is 19.1 Å². The van der Waals surface area contributed by atoms with E-state index in [1.54, 1.807) is 0 Å². The second-order valence-electron chi connectivity index (χ2n) is 3.56. The highest BCUT2D eigenvalue weighted by molar-refractivity contribution is 8.14. The molecule has 0 saturated carbocycles. The van der Waals surface area contributed by atoms with Gasteiger partial charge < -0.3 is 16.3 Å². The van der Waals surface area contributed by atoms with E-state index in [1.807, 2.05) is 0 Å². The van der Waals surface area contributed by atoms with Crippen molar-refractivity contribution in [2.75, 3.05) is 12.3 Å². The largest absolute Gasteiger partial charge is 0.330 e. The van der Waals surface area contributed by atoms with Crippen LogP contribution in [0.25, 0.3) is 0 Å². The summed E-state index contributed by atoms with van der Waals surface area (Å²) in [5, 5.41) is -0.0892. The molecule has 0 spiro atoms. The number of hydrogen-bond acceptors (Lipinski definition) is 6. The topological polar surface area (TPSA) is 103 Å². The second-order valence-corrected chi connectivity index (χ2v) is 4.71. The molecule has 0 aromatic rings. The van der Waals surface area contributed by atoms with Crippen LogP contribution in [0.2, 0.25) is 0 Å². The number of carbonyl (C=O) groups excluding carboxylic acids is 3. The molecule has 0 saturated heterocycles. The molecule has 0 amide bonds. The van der Waals surface area contributed by atoms with Gasteiger partial charge in [0.15, 0.2) is 5.12 Å². The molecular formula is C10H18N2O3S. The van der Waals surface area contributed by atoms with Gasteiger partial charge >= 0.3 is 0 Å². The van der Waals surface area contributed by atoms with Crippen molar-refractivity contribution < 1.29 is 14.4 Å². The van der Waals surface area contributed by atoms with Gasteiger partial charge in [-0.1, -0.05) is 11.8 Å². The van der Waals surface area contributed by atoms with Crippen LogP contribution in [0, 0.1) is 5.92 Å². The minimum Gasteiger partial charge on any atom is -0.330 e. The maximum Gasteiger partial charge on any atom is 0.186 e. The Bertz CT molecular complexity index is 258. The molecule has 0 aliphatic carbocycles. The van der Waals surface area contributed by atoms with Gasteiger partial charge in [-0.2, -0.15) is 0 Å². The standard InChI is InChI=1S/C10H18N2O3S/c1-7(14)16-6-10(15)8(4-11)2-3-9(12)5-13/h5,8-9H,2-4,6,11-12H2,1H3/t8?,9-/m0/s1. The Morgan fingerprint density at radius 3 is 2.44 bits per heavy atom. The van der Waals surface area contributed by atoms with Gasteiger partial charge in [0.1, 0.15) is 12.1 Å². The average Bonchev–Trinajstić information content (AvgIpc) is 2.26. The highest BCUT2D eigenvalue weighted by Crippen LogP contribution is 2.12. The van der Waals surface area contributed by atoms with Gasteiger partial charge in [0.2, 0.25) is 0 Å². The fourth-order valence-electron chi connectivity index (χ4n) is 1.16. The quantitative estimate of drug-likeness (QED) is 0.571. The van der Waals surface area contributed by atoms with Gasteiger partial charge in [-0.05, 0) is 12.8 Å². The molecule has 0 aromatic heterocycles. The number of rotatable bonds is 8. The van der Waals surface area contributed by atoms with Gasteiger partial charge in [0.25, 0.3) is 0 Å². The van der Waals surface area contributed by atoms with Gasteiger partial charge in [-0.3, -0.25) is 9.59 Å².